The van der Waals surface area contributed by atoms with Crippen LogP contribution in [0.2, 0.25) is 0 Å². The Morgan fingerprint density at radius 3 is 2.09 bits per heavy atom. The molecule has 0 aromatic heterocycles. The van der Waals surface area contributed by atoms with Gasteiger partial charge in [0, 0.05) is 24.2 Å². The molecule has 0 aliphatic carbocycles. The lowest BCUT2D eigenvalue weighted by Gasteiger charge is -2.26. The van der Waals surface area contributed by atoms with Crippen LogP contribution in [0.25, 0.3) is 0 Å². The Morgan fingerprint density at radius 2 is 1.65 bits per heavy atom. The van der Waals surface area contributed by atoms with Gasteiger partial charge < -0.3 is 19.1 Å². The minimum Gasteiger partial charge on any atom is -0.497 e. The Morgan fingerprint density at radius 1 is 1.09 bits per heavy atom. The van der Waals surface area contributed by atoms with Crippen molar-refractivity contribution in [2.45, 2.75) is 33.2 Å². The van der Waals surface area contributed by atoms with Crippen LogP contribution < -0.4 is 9.47 Å². The molecule has 128 valence electrons. The van der Waals surface area contributed by atoms with Crippen molar-refractivity contribution < 1.29 is 23.8 Å². The van der Waals surface area contributed by atoms with Gasteiger partial charge in [0.1, 0.15) is 11.5 Å². The first-order chi connectivity index (χ1) is 10.9. The fourth-order valence-electron chi connectivity index (χ4n) is 2.14. The van der Waals surface area contributed by atoms with Crippen LogP contribution in [0, 0.1) is 0 Å². The van der Waals surface area contributed by atoms with Crippen molar-refractivity contribution in [3.8, 4) is 11.5 Å². The minimum absolute atomic E-state index is 0.0471. The first-order valence-corrected chi connectivity index (χ1v) is 7.62. The number of ether oxygens (including phenoxy) is 3. The largest absolute Gasteiger partial charge is 0.497 e. The molecule has 1 aromatic carbocycles. The molecule has 1 rings (SSSR count). The molecule has 6 heteroatoms. The molecular weight excluding hydrogens is 298 g/mol. The number of hydrogen-bond donors (Lipinski definition) is 0. The van der Waals surface area contributed by atoms with Crippen molar-refractivity contribution in [2.24, 2.45) is 0 Å². The van der Waals surface area contributed by atoms with Gasteiger partial charge in [-0.1, -0.05) is 0 Å². The van der Waals surface area contributed by atoms with E-state index in [1.54, 1.807) is 30.0 Å². The van der Waals surface area contributed by atoms with E-state index in [1.165, 1.54) is 14.2 Å². The van der Waals surface area contributed by atoms with Gasteiger partial charge in [0.15, 0.2) is 0 Å². The van der Waals surface area contributed by atoms with Gasteiger partial charge in [-0.05, 0) is 32.9 Å². The number of nitrogens with zero attached hydrogens (tertiary/aromatic N) is 1. The van der Waals surface area contributed by atoms with Crippen molar-refractivity contribution in [3.63, 3.8) is 0 Å². The third kappa shape index (κ3) is 5.47. The number of amides is 1. The fraction of sp³-hybridized carbons (Fsp3) is 0.529. The highest BCUT2D eigenvalue weighted by molar-refractivity contribution is 5.95. The molecule has 0 spiro atoms. The molecule has 0 aliphatic rings. The Kier molecular flexibility index (Phi) is 7.38. The lowest BCUT2D eigenvalue weighted by molar-refractivity contribution is -0.143. The summed E-state index contributed by atoms with van der Waals surface area (Å²) in [7, 11) is 3.06. The van der Waals surface area contributed by atoms with Gasteiger partial charge in [-0.15, -0.1) is 0 Å². The second-order valence-corrected chi connectivity index (χ2v) is 5.25. The molecule has 6 nitrogen and oxygen atoms in total. The van der Waals surface area contributed by atoms with E-state index in [4.69, 9.17) is 14.2 Å². The molecular formula is C17H25NO5. The summed E-state index contributed by atoms with van der Waals surface area (Å²) >= 11 is 0. The van der Waals surface area contributed by atoms with Crippen LogP contribution >= 0.6 is 0 Å². The monoisotopic (exact) mass is 323 g/mol. The van der Waals surface area contributed by atoms with Crippen LogP contribution in [0.15, 0.2) is 18.2 Å². The smallest absolute Gasteiger partial charge is 0.307 e. The fourth-order valence-corrected chi connectivity index (χ4v) is 2.14. The quantitative estimate of drug-likeness (QED) is 0.688. The van der Waals surface area contributed by atoms with E-state index in [0.29, 0.717) is 30.2 Å². The number of rotatable bonds is 8. The van der Waals surface area contributed by atoms with Gasteiger partial charge in [-0.3, -0.25) is 9.59 Å². The predicted molar refractivity (Wildman–Crippen MR) is 87.0 cm³/mol. The van der Waals surface area contributed by atoms with Crippen molar-refractivity contribution in [2.75, 3.05) is 27.4 Å². The zero-order valence-electron chi connectivity index (χ0n) is 14.4. The first-order valence-electron chi connectivity index (χ1n) is 7.62. The second kappa shape index (κ2) is 9.02. The summed E-state index contributed by atoms with van der Waals surface area (Å²) in [6.07, 6.45) is 0.166. The van der Waals surface area contributed by atoms with E-state index in [2.05, 4.69) is 0 Å². The summed E-state index contributed by atoms with van der Waals surface area (Å²) in [4.78, 5) is 25.9. The molecule has 0 radical (unpaired) electrons. The molecule has 0 atom stereocenters. The Hall–Kier alpha value is -2.24. The van der Waals surface area contributed by atoms with Crippen molar-refractivity contribution in [3.05, 3.63) is 23.8 Å². The SMILES string of the molecule is CCOC(=O)CCN(C(=O)c1cc(OC)cc(OC)c1)C(C)C. The lowest BCUT2D eigenvalue weighted by atomic mass is 10.1. The standard InChI is InChI=1S/C17H25NO5/c1-6-23-16(19)7-8-18(12(2)3)17(20)13-9-14(21-4)11-15(10-13)22-5/h9-12H,6-8H2,1-5H3. The summed E-state index contributed by atoms with van der Waals surface area (Å²) in [5.41, 5.74) is 0.457. The van der Waals surface area contributed by atoms with Crippen LogP contribution in [-0.4, -0.2) is 50.2 Å². The molecule has 0 saturated heterocycles. The van der Waals surface area contributed by atoms with E-state index in [-0.39, 0.29) is 24.3 Å². The number of benzene rings is 1. The molecule has 1 aromatic rings. The van der Waals surface area contributed by atoms with Gasteiger partial charge in [-0.25, -0.2) is 0 Å². The van der Waals surface area contributed by atoms with Crippen LogP contribution in [0.3, 0.4) is 0 Å². The highest BCUT2D eigenvalue weighted by atomic mass is 16.5. The highest BCUT2D eigenvalue weighted by Gasteiger charge is 2.21. The molecule has 23 heavy (non-hydrogen) atoms. The Balaban J connectivity index is 2.95. The Bertz CT molecular complexity index is 520. The molecule has 0 heterocycles. The van der Waals surface area contributed by atoms with E-state index in [9.17, 15) is 9.59 Å². The summed E-state index contributed by atoms with van der Waals surface area (Å²) in [5, 5.41) is 0. The lowest BCUT2D eigenvalue weighted by Crippen LogP contribution is -2.38. The minimum atomic E-state index is -0.311. The van der Waals surface area contributed by atoms with Crippen molar-refractivity contribution >= 4 is 11.9 Å². The first kappa shape index (κ1) is 18.8. The molecule has 0 fully saturated rings. The van der Waals surface area contributed by atoms with Gasteiger partial charge in [-0.2, -0.15) is 0 Å². The number of carbonyl (C=O) groups excluding carboxylic acids is 2. The third-order valence-corrected chi connectivity index (χ3v) is 3.34. The average molecular weight is 323 g/mol. The second-order valence-electron chi connectivity index (χ2n) is 5.25. The molecule has 0 aliphatic heterocycles. The Labute approximate surface area is 137 Å². The van der Waals surface area contributed by atoms with Gasteiger partial charge in [0.2, 0.25) is 0 Å². The van der Waals surface area contributed by atoms with E-state index < -0.39 is 0 Å². The molecule has 0 saturated carbocycles. The maximum Gasteiger partial charge on any atom is 0.307 e. The number of carbonyl (C=O) groups is 2. The van der Waals surface area contributed by atoms with Crippen LogP contribution in [-0.2, 0) is 9.53 Å². The average Bonchev–Trinajstić information content (AvgIpc) is 2.54. The number of esters is 1. The van der Waals surface area contributed by atoms with E-state index in [0.717, 1.165) is 0 Å². The highest BCUT2D eigenvalue weighted by Crippen LogP contribution is 2.24. The summed E-state index contributed by atoms with van der Waals surface area (Å²) in [6.45, 7) is 6.20. The van der Waals surface area contributed by atoms with Crippen molar-refractivity contribution in [1.82, 2.24) is 4.90 Å². The molecule has 0 N–H and O–H groups in total. The number of hydrogen-bond acceptors (Lipinski definition) is 5. The molecule has 1 amide bonds. The topological polar surface area (TPSA) is 65.1 Å². The van der Waals surface area contributed by atoms with Crippen LogP contribution in [0.5, 0.6) is 11.5 Å². The maximum absolute atomic E-state index is 12.8. The normalized spacial score (nSPS) is 10.3. The van der Waals surface area contributed by atoms with Gasteiger partial charge >= 0.3 is 5.97 Å². The number of methoxy groups -OCH3 is 2. The summed E-state index contributed by atoms with van der Waals surface area (Å²) in [6, 6.07) is 4.97. The third-order valence-electron chi connectivity index (χ3n) is 3.34. The molecule has 0 bridgehead atoms. The van der Waals surface area contributed by atoms with Crippen LogP contribution in [0.1, 0.15) is 37.6 Å². The predicted octanol–water partition coefficient (Wildman–Crippen LogP) is 2.51. The summed E-state index contributed by atoms with van der Waals surface area (Å²) in [5.74, 6) is 0.597. The van der Waals surface area contributed by atoms with Gasteiger partial charge in [0.05, 0.1) is 27.2 Å². The maximum atomic E-state index is 12.8. The van der Waals surface area contributed by atoms with Crippen LogP contribution in [0.4, 0.5) is 0 Å². The summed E-state index contributed by atoms with van der Waals surface area (Å²) < 4.78 is 15.3. The van der Waals surface area contributed by atoms with Gasteiger partial charge in [0.25, 0.3) is 5.91 Å². The van der Waals surface area contributed by atoms with E-state index in [1.807, 2.05) is 13.8 Å². The zero-order chi connectivity index (χ0) is 17.4. The van der Waals surface area contributed by atoms with E-state index >= 15 is 0 Å². The zero-order valence-corrected chi connectivity index (χ0v) is 14.4. The molecule has 0 unspecified atom stereocenters. The van der Waals surface area contributed by atoms with Crippen molar-refractivity contribution in [1.29, 1.82) is 0 Å².